The zero-order chi connectivity index (χ0) is 38.6. The van der Waals surface area contributed by atoms with E-state index in [1.54, 1.807) is 18.3 Å². The third kappa shape index (κ3) is 6.09. The lowest BCUT2D eigenvalue weighted by atomic mass is 9.94. The first-order chi connectivity index (χ1) is 28.6. The van der Waals surface area contributed by atoms with Crippen molar-refractivity contribution in [1.29, 1.82) is 5.26 Å². The van der Waals surface area contributed by atoms with Gasteiger partial charge in [0, 0.05) is 69.4 Å². The Morgan fingerprint density at radius 2 is 0.828 bits per heavy atom. The fraction of sp³-hybridized carbons (Fsp3) is 0. The lowest BCUT2D eigenvalue weighted by Gasteiger charge is -2.13. The minimum atomic E-state index is 0.533. The standard InChI is InChI=1S/C51H29N5S2/c52-29-31-11-13-33(14-12-31)49-54-50(34-17-15-32(16-18-34)37-6-5-23-53-30-37)56-51(55-49)40-25-38(35-19-21-47-43(27-35)41-7-1-3-9-45(41)57-47)24-39(26-40)36-20-22-48-44(28-36)42-8-2-4-10-46(42)58-48/h1-28,30H. The summed E-state index contributed by atoms with van der Waals surface area (Å²) in [5.74, 6) is 1.66. The molecule has 7 aromatic carbocycles. The predicted octanol–water partition coefficient (Wildman–Crippen LogP) is 13.9. The van der Waals surface area contributed by atoms with Crippen LogP contribution in [0.5, 0.6) is 0 Å². The molecule has 0 N–H and O–H groups in total. The van der Waals surface area contributed by atoms with Gasteiger partial charge in [-0.05, 0) is 118 Å². The van der Waals surface area contributed by atoms with Crippen molar-refractivity contribution in [3.05, 3.63) is 182 Å². The molecule has 7 heteroatoms. The second kappa shape index (κ2) is 14.0. The molecule has 0 aliphatic carbocycles. The summed E-state index contributed by atoms with van der Waals surface area (Å²) in [6, 6.07) is 59.3. The van der Waals surface area contributed by atoms with Crippen LogP contribution in [0.25, 0.3) is 108 Å². The van der Waals surface area contributed by atoms with Crippen LogP contribution in [0.1, 0.15) is 5.56 Å². The molecule has 11 aromatic rings. The summed E-state index contributed by atoms with van der Waals surface area (Å²) < 4.78 is 5.09. The van der Waals surface area contributed by atoms with E-state index < -0.39 is 0 Å². The number of hydrogen-bond donors (Lipinski definition) is 0. The molecule has 0 radical (unpaired) electrons. The molecule has 11 rings (SSSR count). The summed E-state index contributed by atoms with van der Waals surface area (Å²) in [7, 11) is 0. The molecule has 4 heterocycles. The summed E-state index contributed by atoms with van der Waals surface area (Å²) in [5, 5.41) is 14.6. The largest absolute Gasteiger partial charge is 0.264 e. The number of thiophene rings is 2. The lowest BCUT2D eigenvalue weighted by Crippen LogP contribution is -2.01. The highest BCUT2D eigenvalue weighted by Gasteiger charge is 2.17. The number of nitriles is 1. The number of pyridine rings is 1. The second-order valence-corrected chi connectivity index (χ2v) is 16.4. The number of hydrogen-bond acceptors (Lipinski definition) is 7. The van der Waals surface area contributed by atoms with Gasteiger partial charge < -0.3 is 0 Å². The zero-order valence-electron chi connectivity index (χ0n) is 30.8. The second-order valence-electron chi connectivity index (χ2n) is 14.2. The molecule has 0 unspecified atom stereocenters. The van der Waals surface area contributed by atoms with Gasteiger partial charge in [0.2, 0.25) is 0 Å². The molecule has 0 saturated carbocycles. The van der Waals surface area contributed by atoms with E-state index in [-0.39, 0.29) is 0 Å². The summed E-state index contributed by atoms with van der Waals surface area (Å²) in [6.07, 6.45) is 3.64. The van der Waals surface area contributed by atoms with E-state index in [2.05, 4.69) is 126 Å². The van der Waals surface area contributed by atoms with Crippen LogP contribution in [0.2, 0.25) is 0 Å². The molecule has 0 aliphatic rings. The molecule has 0 fully saturated rings. The first kappa shape index (κ1) is 33.9. The van der Waals surface area contributed by atoms with Gasteiger partial charge in [0.05, 0.1) is 11.6 Å². The normalized spacial score (nSPS) is 11.4. The summed E-state index contributed by atoms with van der Waals surface area (Å²) in [4.78, 5) is 19.7. The van der Waals surface area contributed by atoms with Crippen LogP contribution in [-0.2, 0) is 0 Å². The van der Waals surface area contributed by atoms with Crippen molar-refractivity contribution in [3.8, 4) is 73.6 Å². The Kier molecular flexibility index (Phi) is 8.18. The first-order valence-corrected chi connectivity index (χ1v) is 20.5. The Balaban J connectivity index is 1.12. The quantitative estimate of drug-likeness (QED) is 0.168. The van der Waals surface area contributed by atoms with Gasteiger partial charge in [0.15, 0.2) is 17.5 Å². The Morgan fingerprint density at radius 1 is 0.362 bits per heavy atom. The summed E-state index contributed by atoms with van der Waals surface area (Å²) >= 11 is 3.64. The minimum Gasteiger partial charge on any atom is -0.264 e. The minimum absolute atomic E-state index is 0.533. The lowest BCUT2D eigenvalue weighted by molar-refractivity contribution is 1.07. The summed E-state index contributed by atoms with van der Waals surface area (Å²) in [5.41, 5.74) is 9.60. The van der Waals surface area contributed by atoms with Crippen LogP contribution in [-0.4, -0.2) is 19.9 Å². The molecule has 0 spiro atoms. The maximum absolute atomic E-state index is 9.53. The molecule has 0 saturated heterocycles. The van der Waals surface area contributed by atoms with Crippen LogP contribution >= 0.6 is 22.7 Å². The molecule has 5 nitrogen and oxygen atoms in total. The first-order valence-electron chi connectivity index (χ1n) is 18.9. The number of rotatable bonds is 6. The highest BCUT2D eigenvalue weighted by Crippen LogP contribution is 2.41. The Labute approximate surface area is 341 Å². The maximum Gasteiger partial charge on any atom is 0.164 e. The van der Waals surface area contributed by atoms with Crippen molar-refractivity contribution >= 4 is 63.0 Å². The molecule has 0 amide bonds. The Bertz CT molecular complexity index is 3270. The number of aromatic nitrogens is 4. The average Bonchev–Trinajstić information content (AvgIpc) is 3.87. The molecule has 0 aliphatic heterocycles. The van der Waals surface area contributed by atoms with Crippen molar-refractivity contribution in [1.82, 2.24) is 19.9 Å². The van der Waals surface area contributed by atoms with E-state index in [0.29, 0.717) is 23.0 Å². The smallest absolute Gasteiger partial charge is 0.164 e. The highest BCUT2D eigenvalue weighted by molar-refractivity contribution is 7.26. The van der Waals surface area contributed by atoms with Gasteiger partial charge in [-0.3, -0.25) is 4.98 Å². The van der Waals surface area contributed by atoms with Gasteiger partial charge >= 0.3 is 0 Å². The Morgan fingerprint density at radius 3 is 1.36 bits per heavy atom. The van der Waals surface area contributed by atoms with E-state index in [0.717, 1.165) is 50.1 Å². The molecule has 0 bridgehead atoms. The predicted molar refractivity (Wildman–Crippen MR) is 241 cm³/mol. The SMILES string of the molecule is N#Cc1ccc(-c2nc(-c3ccc(-c4cccnc4)cc3)nc(-c3cc(-c4ccc5sc6ccccc6c5c4)cc(-c4ccc5sc6ccccc6c5c4)c3)n2)cc1. The van der Waals surface area contributed by atoms with E-state index in [1.165, 1.54) is 40.3 Å². The molecular weight excluding hydrogens is 747 g/mol. The molecule has 4 aromatic heterocycles. The van der Waals surface area contributed by atoms with Crippen molar-refractivity contribution in [2.24, 2.45) is 0 Å². The number of benzene rings is 7. The van der Waals surface area contributed by atoms with Gasteiger partial charge in [0.25, 0.3) is 0 Å². The Hall–Kier alpha value is -7.37. The maximum atomic E-state index is 9.53. The number of nitrogens with zero attached hydrogens (tertiary/aromatic N) is 5. The third-order valence-corrected chi connectivity index (χ3v) is 13.0. The van der Waals surface area contributed by atoms with Gasteiger partial charge in [-0.2, -0.15) is 5.26 Å². The van der Waals surface area contributed by atoms with Gasteiger partial charge in [-0.15, -0.1) is 22.7 Å². The van der Waals surface area contributed by atoms with E-state index in [1.807, 2.05) is 65.3 Å². The van der Waals surface area contributed by atoms with Crippen molar-refractivity contribution in [2.45, 2.75) is 0 Å². The van der Waals surface area contributed by atoms with Crippen molar-refractivity contribution < 1.29 is 0 Å². The molecule has 0 atom stereocenters. The van der Waals surface area contributed by atoms with Crippen LogP contribution in [0.15, 0.2) is 176 Å². The third-order valence-electron chi connectivity index (χ3n) is 10.7. The van der Waals surface area contributed by atoms with Crippen LogP contribution in [0.4, 0.5) is 0 Å². The van der Waals surface area contributed by atoms with Crippen LogP contribution in [0.3, 0.4) is 0 Å². The van der Waals surface area contributed by atoms with Crippen molar-refractivity contribution in [2.75, 3.05) is 0 Å². The highest BCUT2D eigenvalue weighted by atomic mass is 32.1. The van der Waals surface area contributed by atoms with E-state index >= 15 is 0 Å². The fourth-order valence-electron chi connectivity index (χ4n) is 7.70. The summed E-state index contributed by atoms with van der Waals surface area (Å²) in [6.45, 7) is 0. The van der Waals surface area contributed by atoms with Gasteiger partial charge in [-0.25, -0.2) is 15.0 Å². The molecular formula is C51H29N5S2. The van der Waals surface area contributed by atoms with Gasteiger partial charge in [-0.1, -0.05) is 78.9 Å². The zero-order valence-corrected chi connectivity index (χ0v) is 32.4. The van der Waals surface area contributed by atoms with E-state index in [4.69, 9.17) is 15.0 Å². The van der Waals surface area contributed by atoms with Crippen LogP contribution in [0, 0.1) is 11.3 Å². The fourth-order valence-corrected chi connectivity index (χ4v) is 9.88. The average molecular weight is 776 g/mol. The van der Waals surface area contributed by atoms with Gasteiger partial charge in [0.1, 0.15) is 0 Å². The molecule has 270 valence electrons. The van der Waals surface area contributed by atoms with Crippen LogP contribution < -0.4 is 0 Å². The number of fused-ring (bicyclic) bond motifs is 6. The molecule has 58 heavy (non-hydrogen) atoms. The monoisotopic (exact) mass is 775 g/mol. The van der Waals surface area contributed by atoms with Crippen molar-refractivity contribution in [3.63, 3.8) is 0 Å². The topological polar surface area (TPSA) is 75.3 Å². The van der Waals surface area contributed by atoms with E-state index in [9.17, 15) is 5.26 Å².